The topological polar surface area (TPSA) is 40.5 Å². The molecule has 2 N–H and O–H groups in total. The van der Waals surface area contributed by atoms with Crippen LogP contribution in [0.3, 0.4) is 0 Å². The third-order valence-corrected chi connectivity index (χ3v) is 1.58. The van der Waals surface area contributed by atoms with Crippen LogP contribution >= 0.6 is 0 Å². The van der Waals surface area contributed by atoms with E-state index in [0.29, 0.717) is 0 Å². The van der Waals surface area contributed by atoms with E-state index in [9.17, 15) is 0 Å². The van der Waals surface area contributed by atoms with E-state index in [1.165, 1.54) is 6.07 Å². The van der Waals surface area contributed by atoms with Crippen LogP contribution in [-0.2, 0) is 6.42 Å². The predicted molar refractivity (Wildman–Crippen MR) is 77.8 cm³/mol. The zero-order valence-electron chi connectivity index (χ0n) is 12.5. The van der Waals surface area contributed by atoms with Gasteiger partial charge in [-0.1, -0.05) is 61.0 Å². The molecule has 2 nitrogen and oxygen atoms in total. The van der Waals surface area contributed by atoms with Crippen LogP contribution in [0.4, 0.5) is 0 Å². The summed E-state index contributed by atoms with van der Waals surface area (Å²) in [6, 6.07) is 4.93. The average Bonchev–Trinajstić information content (AvgIpc) is 2.41. The highest BCUT2D eigenvalue weighted by atomic mass is 16.3. The number of phenolic OH excluding ortho intramolecular Hbond substituents is 2. The molecule has 0 aliphatic carbocycles. The summed E-state index contributed by atoms with van der Waals surface area (Å²) in [5, 5.41) is 18.0. The molecule has 102 valence electrons. The molecule has 0 heterocycles. The Bertz CT molecular complexity index is 245. The van der Waals surface area contributed by atoms with Crippen molar-refractivity contribution in [2.45, 2.75) is 61.3 Å². The third kappa shape index (κ3) is 11.1. The molecule has 0 fully saturated rings. The zero-order valence-corrected chi connectivity index (χ0v) is 12.5. The van der Waals surface area contributed by atoms with E-state index >= 15 is 0 Å². The quantitative estimate of drug-likeness (QED) is 0.706. The van der Waals surface area contributed by atoms with Gasteiger partial charge in [-0.15, -0.1) is 0 Å². The van der Waals surface area contributed by atoms with Gasteiger partial charge in [-0.05, 0) is 24.1 Å². The largest absolute Gasteiger partial charge is 0.504 e. The molecule has 0 radical (unpaired) electrons. The van der Waals surface area contributed by atoms with Gasteiger partial charge in [0.25, 0.3) is 0 Å². The summed E-state index contributed by atoms with van der Waals surface area (Å²) >= 11 is 0. The van der Waals surface area contributed by atoms with E-state index in [1.807, 2.05) is 47.6 Å². The first-order chi connectivity index (χ1) is 8.24. The summed E-state index contributed by atoms with van der Waals surface area (Å²) < 4.78 is 0. The number of hydrogen-bond acceptors (Lipinski definition) is 2. The first-order valence-corrected chi connectivity index (χ1v) is 6.75. The molecule has 1 rings (SSSR count). The van der Waals surface area contributed by atoms with Crippen molar-refractivity contribution < 1.29 is 10.2 Å². The highest BCUT2D eigenvalue weighted by molar-refractivity contribution is 5.40. The standard InChI is InChI=1S/C9H12O2.3C2H6/c1-2-3-7-4-5-8(10)9(11)6-7;3*1-2/h4-6,10-11H,2-3H2,1H3;3*1-2H3. The molecule has 0 aromatic heterocycles. The van der Waals surface area contributed by atoms with Crippen molar-refractivity contribution in [3.8, 4) is 11.5 Å². The summed E-state index contributed by atoms with van der Waals surface area (Å²) in [6.45, 7) is 14.1. The smallest absolute Gasteiger partial charge is 0.157 e. The highest BCUT2D eigenvalue weighted by Crippen LogP contribution is 2.25. The van der Waals surface area contributed by atoms with Crippen LogP contribution in [0.1, 0.15) is 60.5 Å². The van der Waals surface area contributed by atoms with E-state index in [2.05, 4.69) is 6.92 Å². The predicted octanol–water partition coefficient (Wildman–Crippen LogP) is 5.13. The second-order valence-electron chi connectivity index (χ2n) is 2.57. The van der Waals surface area contributed by atoms with E-state index < -0.39 is 0 Å². The monoisotopic (exact) mass is 242 g/mol. The molecule has 1 aromatic carbocycles. The number of benzene rings is 1. The van der Waals surface area contributed by atoms with Gasteiger partial charge >= 0.3 is 0 Å². The first-order valence-electron chi connectivity index (χ1n) is 6.75. The van der Waals surface area contributed by atoms with E-state index in [1.54, 1.807) is 6.07 Å². The minimum absolute atomic E-state index is 0.0315. The molecule has 0 spiro atoms. The summed E-state index contributed by atoms with van der Waals surface area (Å²) in [5.74, 6) is -0.0826. The SMILES string of the molecule is CC.CC.CC.CCCc1ccc(O)c(O)c1. The number of aryl methyl sites for hydroxylation is 1. The Hall–Kier alpha value is -1.18. The summed E-state index contributed by atoms with van der Waals surface area (Å²) in [4.78, 5) is 0. The van der Waals surface area contributed by atoms with Gasteiger partial charge in [0.2, 0.25) is 0 Å². The number of hydrogen-bond donors (Lipinski definition) is 2. The maximum absolute atomic E-state index is 9.08. The van der Waals surface area contributed by atoms with Crippen molar-refractivity contribution in [3.05, 3.63) is 23.8 Å². The van der Waals surface area contributed by atoms with Gasteiger partial charge in [-0.3, -0.25) is 0 Å². The molecule has 0 aliphatic rings. The van der Waals surface area contributed by atoms with Crippen LogP contribution in [0.15, 0.2) is 18.2 Å². The summed E-state index contributed by atoms with van der Waals surface area (Å²) in [6.07, 6.45) is 1.98. The van der Waals surface area contributed by atoms with Gasteiger partial charge in [-0.2, -0.15) is 0 Å². The maximum atomic E-state index is 9.08. The number of phenols is 2. The van der Waals surface area contributed by atoms with Crippen molar-refractivity contribution in [1.82, 2.24) is 0 Å². The van der Waals surface area contributed by atoms with E-state index in [0.717, 1.165) is 18.4 Å². The van der Waals surface area contributed by atoms with Crippen molar-refractivity contribution >= 4 is 0 Å². The molecule has 2 heteroatoms. The minimum Gasteiger partial charge on any atom is -0.504 e. The molecular formula is C15H30O2. The Morgan fingerprint density at radius 2 is 1.29 bits per heavy atom. The van der Waals surface area contributed by atoms with Gasteiger partial charge < -0.3 is 10.2 Å². The van der Waals surface area contributed by atoms with Crippen LogP contribution in [0.25, 0.3) is 0 Å². The molecule has 0 bridgehead atoms. The number of aromatic hydroxyl groups is 2. The van der Waals surface area contributed by atoms with E-state index in [4.69, 9.17) is 10.2 Å². The van der Waals surface area contributed by atoms with Crippen LogP contribution < -0.4 is 0 Å². The second-order valence-corrected chi connectivity index (χ2v) is 2.57. The van der Waals surface area contributed by atoms with Crippen LogP contribution in [0, 0.1) is 0 Å². The van der Waals surface area contributed by atoms with Crippen LogP contribution in [0.5, 0.6) is 11.5 Å². The summed E-state index contributed by atoms with van der Waals surface area (Å²) in [5.41, 5.74) is 1.06. The van der Waals surface area contributed by atoms with Gasteiger partial charge in [0.05, 0.1) is 0 Å². The lowest BCUT2D eigenvalue weighted by Crippen LogP contribution is -1.81. The summed E-state index contributed by atoms with van der Waals surface area (Å²) in [7, 11) is 0. The van der Waals surface area contributed by atoms with Gasteiger partial charge in [-0.25, -0.2) is 0 Å². The normalized spacial score (nSPS) is 7.47. The lowest BCUT2D eigenvalue weighted by Gasteiger charge is -2.00. The fourth-order valence-corrected chi connectivity index (χ4v) is 1.01. The fraction of sp³-hybridized carbons (Fsp3) is 0.600. The van der Waals surface area contributed by atoms with Crippen molar-refractivity contribution in [2.24, 2.45) is 0 Å². The lowest BCUT2D eigenvalue weighted by molar-refractivity contribution is 0.403. The maximum Gasteiger partial charge on any atom is 0.157 e. The first kappa shape index (κ1) is 21.1. The lowest BCUT2D eigenvalue weighted by atomic mass is 10.1. The van der Waals surface area contributed by atoms with Crippen LogP contribution in [0.2, 0.25) is 0 Å². The molecule has 1 aromatic rings. The molecule has 0 atom stereocenters. The van der Waals surface area contributed by atoms with Crippen molar-refractivity contribution in [3.63, 3.8) is 0 Å². The molecular weight excluding hydrogens is 212 g/mol. The zero-order chi connectivity index (χ0) is 14.3. The fourth-order valence-electron chi connectivity index (χ4n) is 1.01. The average molecular weight is 242 g/mol. The second kappa shape index (κ2) is 17.2. The third-order valence-electron chi connectivity index (χ3n) is 1.58. The van der Waals surface area contributed by atoms with Crippen molar-refractivity contribution in [2.75, 3.05) is 0 Å². The number of rotatable bonds is 2. The highest BCUT2D eigenvalue weighted by Gasteiger charge is 1.98. The molecule has 0 unspecified atom stereocenters. The Labute approximate surface area is 107 Å². The molecule has 0 saturated carbocycles. The molecule has 0 aliphatic heterocycles. The van der Waals surface area contributed by atoms with Crippen molar-refractivity contribution in [1.29, 1.82) is 0 Å². The Balaban J connectivity index is -0.000000285. The minimum atomic E-state index is -0.0511. The van der Waals surface area contributed by atoms with Gasteiger partial charge in [0.15, 0.2) is 11.5 Å². The van der Waals surface area contributed by atoms with Gasteiger partial charge in [0.1, 0.15) is 0 Å². The Morgan fingerprint density at radius 1 is 0.824 bits per heavy atom. The molecule has 0 amide bonds. The van der Waals surface area contributed by atoms with Crippen LogP contribution in [-0.4, -0.2) is 10.2 Å². The Kier molecular flexibility index (Phi) is 21.4. The van der Waals surface area contributed by atoms with Gasteiger partial charge in [0, 0.05) is 0 Å². The molecule has 17 heavy (non-hydrogen) atoms. The molecule has 0 saturated heterocycles. The Morgan fingerprint density at radius 3 is 1.65 bits per heavy atom. The van der Waals surface area contributed by atoms with E-state index in [-0.39, 0.29) is 11.5 Å².